The minimum absolute atomic E-state index is 0.163. The normalized spacial score (nSPS) is 10.5. The minimum atomic E-state index is -0.163. The second-order valence-electron chi connectivity index (χ2n) is 7.24. The summed E-state index contributed by atoms with van der Waals surface area (Å²) in [4.78, 5) is 22.1. The lowest BCUT2D eigenvalue weighted by Crippen LogP contribution is -2.36. The molecule has 150 valence electrons. The highest BCUT2D eigenvalue weighted by atomic mass is 16.5. The van der Waals surface area contributed by atoms with Crippen LogP contribution in [0, 0.1) is 20.8 Å². The maximum absolute atomic E-state index is 12.3. The lowest BCUT2D eigenvalue weighted by molar-refractivity contribution is 0.206. The van der Waals surface area contributed by atoms with Gasteiger partial charge in [-0.15, -0.1) is 0 Å². The van der Waals surface area contributed by atoms with E-state index in [1.807, 2.05) is 37.3 Å². The Morgan fingerprint density at radius 1 is 1.07 bits per heavy atom. The average molecular weight is 390 g/mol. The predicted octanol–water partition coefficient (Wildman–Crippen LogP) is 4.54. The van der Waals surface area contributed by atoms with Crippen LogP contribution in [0.25, 0.3) is 0 Å². The van der Waals surface area contributed by atoms with E-state index in [0.29, 0.717) is 13.1 Å². The Morgan fingerprint density at radius 2 is 1.83 bits per heavy atom. The van der Waals surface area contributed by atoms with Gasteiger partial charge in [0, 0.05) is 26.0 Å². The molecule has 0 saturated carbocycles. The fraction of sp³-hybridized carbons (Fsp3) is 0.261. The first kappa shape index (κ1) is 20.3. The number of rotatable bonds is 6. The Balaban J connectivity index is 1.58. The first-order valence-electron chi connectivity index (χ1n) is 9.50. The van der Waals surface area contributed by atoms with Crippen molar-refractivity contribution in [1.29, 1.82) is 0 Å². The SMILES string of the molecule is Cc1cc(C)cc(Oc2ccc(CNC(=O)N(C)Cc3cnccn3)cc2C)c1. The number of ether oxygens (including phenoxy) is 1. The van der Waals surface area contributed by atoms with Crippen molar-refractivity contribution in [2.24, 2.45) is 0 Å². The molecule has 0 fully saturated rings. The summed E-state index contributed by atoms with van der Waals surface area (Å²) in [6, 6.07) is 11.9. The van der Waals surface area contributed by atoms with Gasteiger partial charge in [0.15, 0.2) is 0 Å². The summed E-state index contributed by atoms with van der Waals surface area (Å²) in [6.07, 6.45) is 4.88. The van der Waals surface area contributed by atoms with E-state index in [1.165, 1.54) is 11.1 Å². The molecule has 2 aromatic carbocycles. The van der Waals surface area contributed by atoms with Gasteiger partial charge in [0.1, 0.15) is 11.5 Å². The molecule has 3 aromatic rings. The summed E-state index contributed by atoms with van der Waals surface area (Å²) in [6.45, 7) is 6.96. The van der Waals surface area contributed by atoms with E-state index in [2.05, 4.69) is 35.2 Å². The minimum Gasteiger partial charge on any atom is -0.457 e. The molecule has 6 heteroatoms. The molecule has 2 amide bonds. The number of benzene rings is 2. The van der Waals surface area contributed by atoms with Gasteiger partial charge in [0.25, 0.3) is 0 Å². The van der Waals surface area contributed by atoms with Crippen LogP contribution in [0.1, 0.15) is 27.9 Å². The van der Waals surface area contributed by atoms with Gasteiger partial charge >= 0.3 is 6.03 Å². The number of carbonyl (C=O) groups excluding carboxylic acids is 1. The molecule has 0 radical (unpaired) electrons. The van der Waals surface area contributed by atoms with Crippen molar-refractivity contribution in [3.8, 4) is 11.5 Å². The number of aryl methyl sites for hydroxylation is 3. The van der Waals surface area contributed by atoms with Crippen LogP contribution in [0.3, 0.4) is 0 Å². The van der Waals surface area contributed by atoms with Gasteiger partial charge in [-0.25, -0.2) is 4.79 Å². The third-order valence-electron chi connectivity index (χ3n) is 4.47. The fourth-order valence-electron chi connectivity index (χ4n) is 3.09. The Kier molecular flexibility index (Phi) is 6.44. The monoisotopic (exact) mass is 390 g/mol. The number of nitrogens with one attached hydrogen (secondary N) is 1. The van der Waals surface area contributed by atoms with Crippen LogP contribution in [-0.4, -0.2) is 27.9 Å². The molecule has 6 nitrogen and oxygen atoms in total. The Morgan fingerprint density at radius 3 is 2.48 bits per heavy atom. The number of hydrogen-bond donors (Lipinski definition) is 1. The van der Waals surface area contributed by atoms with Crippen molar-refractivity contribution in [3.63, 3.8) is 0 Å². The molecule has 0 aliphatic rings. The van der Waals surface area contributed by atoms with E-state index in [4.69, 9.17) is 4.74 Å². The molecule has 0 unspecified atom stereocenters. The highest BCUT2D eigenvalue weighted by Gasteiger charge is 2.10. The van der Waals surface area contributed by atoms with Gasteiger partial charge < -0.3 is 15.0 Å². The van der Waals surface area contributed by atoms with Crippen molar-refractivity contribution in [2.45, 2.75) is 33.9 Å². The molecule has 1 heterocycles. The van der Waals surface area contributed by atoms with Crippen LogP contribution in [0.5, 0.6) is 11.5 Å². The van der Waals surface area contributed by atoms with Gasteiger partial charge in [0.05, 0.1) is 18.4 Å². The first-order chi connectivity index (χ1) is 13.9. The number of nitrogens with zero attached hydrogens (tertiary/aromatic N) is 3. The van der Waals surface area contributed by atoms with Crippen LogP contribution in [0.15, 0.2) is 55.0 Å². The van der Waals surface area contributed by atoms with Gasteiger partial charge in [-0.05, 0) is 61.2 Å². The van der Waals surface area contributed by atoms with Crippen LogP contribution in [0.2, 0.25) is 0 Å². The molecule has 3 rings (SSSR count). The fourth-order valence-corrected chi connectivity index (χ4v) is 3.09. The molecule has 0 aliphatic heterocycles. The molecule has 0 bridgehead atoms. The summed E-state index contributed by atoms with van der Waals surface area (Å²) < 4.78 is 6.05. The van der Waals surface area contributed by atoms with Crippen LogP contribution in [0.4, 0.5) is 4.79 Å². The number of amides is 2. The molecule has 1 aromatic heterocycles. The molecular weight excluding hydrogens is 364 g/mol. The lowest BCUT2D eigenvalue weighted by atomic mass is 10.1. The molecule has 0 saturated heterocycles. The topological polar surface area (TPSA) is 67.3 Å². The van der Waals surface area contributed by atoms with E-state index in [1.54, 1.807) is 30.5 Å². The average Bonchev–Trinajstić information content (AvgIpc) is 2.68. The number of carbonyl (C=O) groups is 1. The summed E-state index contributed by atoms with van der Waals surface area (Å²) in [5, 5.41) is 2.93. The summed E-state index contributed by atoms with van der Waals surface area (Å²) in [7, 11) is 1.73. The zero-order valence-corrected chi connectivity index (χ0v) is 17.3. The van der Waals surface area contributed by atoms with E-state index >= 15 is 0 Å². The van der Waals surface area contributed by atoms with E-state index in [0.717, 1.165) is 28.3 Å². The first-order valence-corrected chi connectivity index (χ1v) is 9.50. The van der Waals surface area contributed by atoms with Gasteiger partial charge in [-0.2, -0.15) is 0 Å². The number of urea groups is 1. The summed E-state index contributed by atoms with van der Waals surface area (Å²) in [5.74, 6) is 1.64. The third kappa shape index (κ3) is 5.78. The Labute approximate surface area is 171 Å². The van der Waals surface area contributed by atoms with Gasteiger partial charge in [-0.1, -0.05) is 18.2 Å². The number of hydrogen-bond acceptors (Lipinski definition) is 4. The zero-order valence-electron chi connectivity index (χ0n) is 17.3. The Hall–Kier alpha value is -3.41. The second-order valence-corrected chi connectivity index (χ2v) is 7.24. The molecule has 0 spiro atoms. The molecule has 29 heavy (non-hydrogen) atoms. The van der Waals surface area contributed by atoms with Crippen molar-refractivity contribution >= 4 is 6.03 Å². The third-order valence-corrected chi connectivity index (χ3v) is 4.47. The molecule has 1 N–H and O–H groups in total. The molecule has 0 aliphatic carbocycles. The van der Waals surface area contributed by atoms with Crippen LogP contribution in [-0.2, 0) is 13.1 Å². The maximum Gasteiger partial charge on any atom is 0.317 e. The van der Waals surface area contributed by atoms with Crippen molar-refractivity contribution in [1.82, 2.24) is 20.2 Å². The number of aromatic nitrogens is 2. The van der Waals surface area contributed by atoms with Gasteiger partial charge in [-0.3, -0.25) is 9.97 Å². The van der Waals surface area contributed by atoms with Crippen LogP contribution < -0.4 is 10.1 Å². The van der Waals surface area contributed by atoms with Crippen molar-refractivity contribution < 1.29 is 9.53 Å². The van der Waals surface area contributed by atoms with E-state index < -0.39 is 0 Å². The van der Waals surface area contributed by atoms with E-state index in [9.17, 15) is 4.79 Å². The van der Waals surface area contributed by atoms with E-state index in [-0.39, 0.29) is 6.03 Å². The largest absolute Gasteiger partial charge is 0.457 e. The zero-order chi connectivity index (χ0) is 20.8. The van der Waals surface area contributed by atoms with Crippen LogP contribution >= 0.6 is 0 Å². The molecular formula is C23H26N4O2. The molecule has 0 atom stereocenters. The van der Waals surface area contributed by atoms with Gasteiger partial charge in [0.2, 0.25) is 0 Å². The predicted molar refractivity (Wildman–Crippen MR) is 113 cm³/mol. The summed E-state index contributed by atoms with van der Waals surface area (Å²) >= 11 is 0. The summed E-state index contributed by atoms with van der Waals surface area (Å²) in [5.41, 5.74) is 5.11. The standard InChI is InChI=1S/C23H26N4O2/c1-16-9-17(2)11-21(10-16)29-22-6-5-19(12-18(22)3)13-26-23(28)27(4)15-20-14-24-7-8-25-20/h5-12,14H,13,15H2,1-4H3,(H,26,28). The highest BCUT2D eigenvalue weighted by Crippen LogP contribution is 2.27. The van der Waals surface area contributed by atoms with Crippen molar-refractivity contribution in [2.75, 3.05) is 7.05 Å². The van der Waals surface area contributed by atoms with Crippen molar-refractivity contribution in [3.05, 3.63) is 82.9 Å². The second kappa shape index (κ2) is 9.19. The Bertz CT molecular complexity index is 969. The highest BCUT2D eigenvalue weighted by molar-refractivity contribution is 5.73. The maximum atomic E-state index is 12.3. The smallest absolute Gasteiger partial charge is 0.317 e. The quantitative estimate of drug-likeness (QED) is 0.671. The lowest BCUT2D eigenvalue weighted by Gasteiger charge is -2.18.